The molecule has 1 aromatic heterocycles. The molecule has 0 unspecified atom stereocenters. The second-order valence-corrected chi connectivity index (χ2v) is 5.41. The van der Waals surface area contributed by atoms with Crippen molar-refractivity contribution in [2.75, 3.05) is 11.1 Å². The maximum atomic E-state index is 12.0. The summed E-state index contributed by atoms with van der Waals surface area (Å²) in [6, 6.07) is 8.79. The molecule has 1 aromatic carbocycles. The quantitative estimate of drug-likeness (QED) is 0.840. The van der Waals surface area contributed by atoms with Gasteiger partial charge in [0.15, 0.2) is 0 Å². The van der Waals surface area contributed by atoms with Gasteiger partial charge in [0.2, 0.25) is 0 Å². The highest BCUT2D eigenvalue weighted by molar-refractivity contribution is 7.14. The van der Waals surface area contributed by atoms with E-state index < -0.39 is 0 Å². The van der Waals surface area contributed by atoms with Crippen LogP contribution in [0.1, 0.15) is 21.5 Å². The van der Waals surface area contributed by atoms with E-state index in [4.69, 9.17) is 17.3 Å². The van der Waals surface area contributed by atoms with Gasteiger partial charge < -0.3 is 11.1 Å². The lowest BCUT2D eigenvalue weighted by atomic mass is 10.2. The van der Waals surface area contributed by atoms with Crippen molar-refractivity contribution < 1.29 is 4.79 Å². The van der Waals surface area contributed by atoms with Crippen LogP contribution in [-0.4, -0.2) is 5.91 Å². The average molecular weight is 281 g/mol. The number of carbonyl (C=O) groups excluding carboxylic acids is 1. The SMILES string of the molecule is CCc1ccc(C(=O)Nc2ccc(Cl)cc2N)s1. The Bertz CT molecular complexity index is 580. The molecule has 0 saturated carbocycles. The third-order valence-electron chi connectivity index (χ3n) is 2.50. The third kappa shape index (κ3) is 2.83. The summed E-state index contributed by atoms with van der Waals surface area (Å²) >= 11 is 7.29. The van der Waals surface area contributed by atoms with Crippen LogP contribution < -0.4 is 11.1 Å². The zero-order valence-electron chi connectivity index (χ0n) is 9.87. The minimum absolute atomic E-state index is 0.145. The zero-order chi connectivity index (χ0) is 13.1. The smallest absolute Gasteiger partial charge is 0.265 e. The molecule has 3 N–H and O–H groups in total. The summed E-state index contributed by atoms with van der Waals surface area (Å²) in [5.74, 6) is -0.145. The Morgan fingerprint density at radius 3 is 2.78 bits per heavy atom. The number of nitrogen functional groups attached to an aromatic ring is 1. The first-order chi connectivity index (χ1) is 8.60. The third-order valence-corrected chi connectivity index (χ3v) is 3.96. The van der Waals surface area contributed by atoms with Crippen LogP contribution in [0.5, 0.6) is 0 Å². The van der Waals surface area contributed by atoms with E-state index in [9.17, 15) is 4.79 Å². The fraction of sp³-hybridized carbons (Fsp3) is 0.154. The largest absolute Gasteiger partial charge is 0.397 e. The first kappa shape index (κ1) is 12.9. The Hall–Kier alpha value is -1.52. The Balaban J connectivity index is 2.16. The maximum absolute atomic E-state index is 12.0. The van der Waals surface area contributed by atoms with Crippen molar-refractivity contribution >= 4 is 40.2 Å². The summed E-state index contributed by atoms with van der Waals surface area (Å²) in [7, 11) is 0. The number of amides is 1. The first-order valence-electron chi connectivity index (χ1n) is 5.55. The molecule has 0 aliphatic rings. The van der Waals surface area contributed by atoms with E-state index in [-0.39, 0.29) is 5.91 Å². The number of nitrogens with one attached hydrogen (secondary N) is 1. The van der Waals surface area contributed by atoms with Crippen molar-refractivity contribution in [1.82, 2.24) is 0 Å². The average Bonchev–Trinajstić information content (AvgIpc) is 2.81. The Morgan fingerprint density at radius 2 is 2.17 bits per heavy atom. The number of halogens is 1. The number of anilines is 2. The molecule has 2 rings (SSSR count). The number of nitrogens with two attached hydrogens (primary N) is 1. The molecule has 18 heavy (non-hydrogen) atoms. The number of benzene rings is 1. The van der Waals surface area contributed by atoms with Crippen LogP contribution in [0.3, 0.4) is 0 Å². The molecule has 0 atom stereocenters. The maximum Gasteiger partial charge on any atom is 0.265 e. The monoisotopic (exact) mass is 280 g/mol. The highest BCUT2D eigenvalue weighted by Gasteiger charge is 2.10. The lowest BCUT2D eigenvalue weighted by Gasteiger charge is -2.07. The number of aryl methyl sites for hydroxylation is 1. The number of thiophene rings is 1. The van der Waals surface area contributed by atoms with Gasteiger partial charge in [-0.3, -0.25) is 4.79 Å². The van der Waals surface area contributed by atoms with Crippen LogP contribution in [0.4, 0.5) is 11.4 Å². The molecule has 3 nitrogen and oxygen atoms in total. The molecular weight excluding hydrogens is 268 g/mol. The standard InChI is InChI=1S/C13H13ClN2OS/c1-2-9-4-6-12(18-9)13(17)16-11-5-3-8(14)7-10(11)15/h3-7H,2,15H2,1H3,(H,16,17). The molecule has 2 aromatic rings. The van der Waals surface area contributed by atoms with Crippen LogP contribution in [0.15, 0.2) is 30.3 Å². The van der Waals surface area contributed by atoms with E-state index in [0.29, 0.717) is 21.3 Å². The molecule has 0 spiro atoms. The van der Waals surface area contributed by atoms with Gasteiger partial charge in [-0.05, 0) is 36.8 Å². The van der Waals surface area contributed by atoms with Gasteiger partial charge in [-0.15, -0.1) is 11.3 Å². The van der Waals surface area contributed by atoms with Gasteiger partial charge in [0, 0.05) is 9.90 Å². The van der Waals surface area contributed by atoms with Gasteiger partial charge in [0.25, 0.3) is 5.91 Å². The van der Waals surface area contributed by atoms with E-state index in [1.165, 1.54) is 16.2 Å². The van der Waals surface area contributed by atoms with Crippen molar-refractivity contribution in [2.24, 2.45) is 0 Å². The highest BCUT2D eigenvalue weighted by atomic mass is 35.5. The van der Waals surface area contributed by atoms with Gasteiger partial charge in [-0.1, -0.05) is 18.5 Å². The van der Waals surface area contributed by atoms with Crippen LogP contribution in [0.25, 0.3) is 0 Å². The van der Waals surface area contributed by atoms with Crippen LogP contribution in [-0.2, 0) is 6.42 Å². The fourth-order valence-electron chi connectivity index (χ4n) is 1.52. The van der Waals surface area contributed by atoms with Crippen molar-refractivity contribution in [1.29, 1.82) is 0 Å². The Morgan fingerprint density at radius 1 is 1.39 bits per heavy atom. The predicted octanol–water partition coefficient (Wildman–Crippen LogP) is 3.80. The van der Waals surface area contributed by atoms with E-state index in [1.54, 1.807) is 18.2 Å². The van der Waals surface area contributed by atoms with Gasteiger partial charge in [0.1, 0.15) is 0 Å². The lowest BCUT2D eigenvalue weighted by molar-refractivity contribution is 0.103. The minimum Gasteiger partial charge on any atom is -0.397 e. The molecule has 0 radical (unpaired) electrons. The fourth-order valence-corrected chi connectivity index (χ4v) is 2.54. The summed E-state index contributed by atoms with van der Waals surface area (Å²) < 4.78 is 0. The predicted molar refractivity (Wildman–Crippen MR) is 77.5 cm³/mol. The molecule has 5 heteroatoms. The molecular formula is C13H13ClN2OS. The molecule has 94 valence electrons. The van der Waals surface area contributed by atoms with Crippen LogP contribution in [0, 0.1) is 0 Å². The topological polar surface area (TPSA) is 55.1 Å². The second kappa shape index (κ2) is 5.42. The van der Waals surface area contributed by atoms with Gasteiger partial charge in [-0.25, -0.2) is 0 Å². The number of carbonyl (C=O) groups is 1. The number of hydrogen-bond acceptors (Lipinski definition) is 3. The van der Waals surface area contributed by atoms with Crippen molar-refractivity contribution in [3.05, 3.63) is 45.1 Å². The summed E-state index contributed by atoms with van der Waals surface area (Å²) in [4.78, 5) is 13.9. The molecule has 0 fully saturated rings. The summed E-state index contributed by atoms with van der Waals surface area (Å²) in [5, 5.41) is 3.33. The van der Waals surface area contributed by atoms with Gasteiger partial charge in [0.05, 0.1) is 16.3 Å². The zero-order valence-corrected chi connectivity index (χ0v) is 11.4. The Labute approximate surface area is 115 Å². The van der Waals surface area contributed by atoms with Gasteiger partial charge >= 0.3 is 0 Å². The normalized spacial score (nSPS) is 10.3. The van der Waals surface area contributed by atoms with Crippen LogP contribution >= 0.6 is 22.9 Å². The summed E-state index contributed by atoms with van der Waals surface area (Å²) in [6.45, 7) is 2.06. The molecule has 1 amide bonds. The van der Waals surface area contributed by atoms with E-state index in [1.807, 2.05) is 12.1 Å². The van der Waals surface area contributed by atoms with Crippen molar-refractivity contribution in [2.45, 2.75) is 13.3 Å². The van der Waals surface area contributed by atoms with E-state index >= 15 is 0 Å². The number of rotatable bonds is 3. The summed E-state index contributed by atoms with van der Waals surface area (Å²) in [5.41, 5.74) is 6.82. The molecule has 0 aliphatic heterocycles. The van der Waals surface area contributed by atoms with Crippen molar-refractivity contribution in [3.8, 4) is 0 Å². The second-order valence-electron chi connectivity index (χ2n) is 3.81. The van der Waals surface area contributed by atoms with Gasteiger partial charge in [-0.2, -0.15) is 0 Å². The molecule has 0 bridgehead atoms. The first-order valence-corrected chi connectivity index (χ1v) is 6.74. The number of hydrogen-bond donors (Lipinski definition) is 2. The lowest BCUT2D eigenvalue weighted by Crippen LogP contribution is -2.11. The molecule has 0 saturated heterocycles. The molecule has 1 heterocycles. The van der Waals surface area contributed by atoms with E-state index in [0.717, 1.165) is 6.42 Å². The minimum atomic E-state index is -0.145. The molecule has 0 aliphatic carbocycles. The van der Waals surface area contributed by atoms with E-state index in [2.05, 4.69) is 12.2 Å². The highest BCUT2D eigenvalue weighted by Crippen LogP contribution is 2.24. The van der Waals surface area contributed by atoms with Crippen LogP contribution in [0.2, 0.25) is 5.02 Å². The summed E-state index contributed by atoms with van der Waals surface area (Å²) in [6.07, 6.45) is 0.932. The Kier molecular flexibility index (Phi) is 3.89. The van der Waals surface area contributed by atoms with Crippen molar-refractivity contribution in [3.63, 3.8) is 0 Å².